The lowest BCUT2D eigenvalue weighted by atomic mass is 10.1. The van der Waals surface area contributed by atoms with Gasteiger partial charge in [0.1, 0.15) is 11.3 Å². The summed E-state index contributed by atoms with van der Waals surface area (Å²) in [5.41, 5.74) is 2.71. The molecule has 2 heterocycles. The normalized spacial score (nSPS) is 18.8. The molecule has 0 radical (unpaired) electrons. The average molecular weight is 331 g/mol. The summed E-state index contributed by atoms with van der Waals surface area (Å²) in [6.45, 7) is 2.71. The number of benzene rings is 2. The molecule has 4 rings (SSSR count). The van der Waals surface area contributed by atoms with Crippen molar-refractivity contribution in [3.8, 4) is 0 Å². The predicted molar refractivity (Wildman–Crippen MR) is 88.1 cm³/mol. The summed E-state index contributed by atoms with van der Waals surface area (Å²) in [4.78, 5) is 6.93. The van der Waals surface area contributed by atoms with Crippen molar-refractivity contribution in [3.05, 3.63) is 64.8 Å². The lowest BCUT2D eigenvalue weighted by Crippen LogP contribution is -2.19. The molecule has 0 aliphatic carbocycles. The second-order valence-corrected chi connectivity index (χ2v) is 6.45. The third-order valence-electron chi connectivity index (χ3n) is 4.31. The Balaban J connectivity index is 1.47. The second kappa shape index (κ2) is 5.95. The van der Waals surface area contributed by atoms with Gasteiger partial charge in [-0.3, -0.25) is 4.90 Å². The largest absolute Gasteiger partial charge is 0.440 e. The van der Waals surface area contributed by atoms with Crippen LogP contribution in [0.3, 0.4) is 0 Å². The zero-order chi connectivity index (χ0) is 15.8. The van der Waals surface area contributed by atoms with Crippen molar-refractivity contribution in [3.63, 3.8) is 0 Å². The summed E-state index contributed by atoms with van der Waals surface area (Å²) < 4.78 is 18.8. The Morgan fingerprint density at radius 1 is 1.22 bits per heavy atom. The topological polar surface area (TPSA) is 29.3 Å². The lowest BCUT2D eigenvalue weighted by molar-refractivity contribution is 0.321. The van der Waals surface area contributed by atoms with Crippen molar-refractivity contribution >= 4 is 22.7 Å². The highest BCUT2D eigenvalue weighted by molar-refractivity contribution is 6.31. The number of oxazole rings is 1. The molecule has 1 saturated heterocycles. The van der Waals surface area contributed by atoms with E-state index in [1.807, 2.05) is 30.3 Å². The number of hydrogen-bond acceptors (Lipinski definition) is 3. The third-order valence-corrected chi connectivity index (χ3v) is 4.54. The Kier molecular flexibility index (Phi) is 3.79. The molecule has 1 aromatic heterocycles. The molecule has 1 unspecified atom stereocenters. The molecular weight excluding hydrogens is 315 g/mol. The Morgan fingerprint density at radius 2 is 2.04 bits per heavy atom. The maximum Gasteiger partial charge on any atom is 0.199 e. The van der Waals surface area contributed by atoms with Gasteiger partial charge in [0.25, 0.3) is 0 Å². The Hall–Kier alpha value is -1.91. The molecule has 0 spiro atoms. The molecule has 1 fully saturated rings. The fourth-order valence-electron chi connectivity index (χ4n) is 3.12. The molecular formula is C18H16ClFN2O. The van der Waals surface area contributed by atoms with Crippen LogP contribution in [0.4, 0.5) is 4.39 Å². The number of fused-ring (bicyclic) bond motifs is 1. The number of likely N-dealkylation sites (tertiary alicyclic amines) is 1. The smallest absolute Gasteiger partial charge is 0.199 e. The maximum absolute atomic E-state index is 13.0. The van der Waals surface area contributed by atoms with E-state index in [4.69, 9.17) is 16.0 Å². The van der Waals surface area contributed by atoms with E-state index < -0.39 is 0 Å². The molecule has 5 heteroatoms. The SMILES string of the molecule is Fc1ccc(CN2CCC(c3nc4cc(Cl)ccc4o3)C2)cc1. The van der Waals surface area contributed by atoms with Gasteiger partial charge in [-0.05, 0) is 48.9 Å². The molecule has 0 N–H and O–H groups in total. The minimum atomic E-state index is -0.196. The molecule has 0 bridgehead atoms. The van der Waals surface area contributed by atoms with Crippen molar-refractivity contribution in [2.45, 2.75) is 18.9 Å². The van der Waals surface area contributed by atoms with Crippen LogP contribution in [0.5, 0.6) is 0 Å². The number of aromatic nitrogens is 1. The van der Waals surface area contributed by atoms with Crippen LogP contribution >= 0.6 is 11.6 Å². The quantitative estimate of drug-likeness (QED) is 0.702. The highest BCUT2D eigenvalue weighted by Crippen LogP contribution is 2.30. The minimum absolute atomic E-state index is 0.196. The van der Waals surface area contributed by atoms with Gasteiger partial charge in [0, 0.05) is 24.0 Å². The number of hydrogen-bond donors (Lipinski definition) is 0. The molecule has 0 amide bonds. The van der Waals surface area contributed by atoms with E-state index in [0.717, 1.165) is 48.6 Å². The van der Waals surface area contributed by atoms with E-state index in [1.165, 1.54) is 12.1 Å². The van der Waals surface area contributed by atoms with E-state index in [0.29, 0.717) is 10.9 Å². The number of rotatable bonds is 3. The van der Waals surface area contributed by atoms with Gasteiger partial charge >= 0.3 is 0 Å². The predicted octanol–water partition coefficient (Wildman–Crippen LogP) is 4.61. The summed E-state index contributed by atoms with van der Waals surface area (Å²) in [6.07, 6.45) is 1.02. The first-order valence-electron chi connectivity index (χ1n) is 7.70. The van der Waals surface area contributed by atoms with Crippen LogP contribution in [0.15, 0.2) is 46.9 Å². The highest BCUT2D eigenvalue weighted by atomic mass is 35.5. The van der Waals surface area contributed by atoms with E-state index in [9.17, 15) is 4.39 Å². The number of halogens is 2. The fraction of sp³-hybridized carbons (Fsp3) is 0.278. The van der Waals surface area contributed by atoms with Crippen LogP contribution < -0.4 is 0 Å². The monoisotopic (exact) mass is 330 g/mol. The summed E-state index contributed by atoms with van der Waals surface area (Å²) in [5, 5.41) is 0.668. The molecule has 1 atom stereocenters. The molecule has 2 aromatic carbocycles. The molecule has 0 saturated carbocycles. The fourth-order valence-corrected chi connectivity index (χ4v) is 3.29. The van der Waals surface area contributed by atoms with Crippen molar-refractivity contribution in [1.82, 2.24) is 9.88 Å². The van der Waals surface area contributed by atoms with Gasteiger partial charge in [-0.1, -0.05) is 23.7 Å². The Labute approximate surface area is 138 Å². The molecule has 23 heavy (non-hydrogen) atoms. The van der Waals surface area contributed by atoms with E-state index >= 15 is 0 Å². The van der Waals surface area contributed by atoms with Gasteiger partial charge in [-0.15, -0.1) is 0 Å². The third kappa shape index (κ3) is 3.09. The summed E-state index contributed by atoms with van der Waals surface area (Å²) in [6, 6.07) is 12.2. The average Bonchev–Trinajstić information content (AvgIpc) is 3.15. The molecule has 1 aliphatic heterocycles. The zero-order valence-corrected chi connectivity index (χ0v) is 13.3. The van der Waals surface area contributed by atoms with Gasteiger partial charge < -0.3 is 4.42 Å². The Morgan fingerprint density at radius 3 is 2.87 bits per heavy atom. The van der Waals surface area contributed by atoms with Crippen LogP contribution in [-0.4, -0.2) is 23.0 Å². The Bertz CT molecular complexity index is 831. The molecule has 3 nitrogen and oxygen atoms in total. The van der Waals surface area contributed by atoms with Gasteiger partial charge in [0.15, 0.2) is 11.5 Å². The van der Waals surface area contributed by atoms with E-state index in [2.05, 4.69) is 9.88 Å². The van der Waals surface area contributed by atoms with Gasteiger partial charge in [-0.25, -0.2) is 9.37 Å². The first kappa shape index (κ1) is 14.7. The second-order valence-electron chi connectivity index (χ2n) is 6.01. The first-order chi connectivity index (χ1) is 11.2. The van der Waals surface area contributed by atoms with Crippen LogP contribution in [0.1, 0.15) is 23.8 Å². The van der Waals surface area contributed by atoms with Crippen LogP contribution in [-0.2, 0) is 6.54 Å². The van der Waals surface area contributed by atoms with Crippen molar-refractivity contribution < 1.29 is 8.81 Å². The van der Waals surface area contributed by atoms with E-state index in [1.54, 1.807) is 0 Å². The number of nitrogens with zero attached hydrogens (tertiary/aromatic N) is 2. The zero-order valence-electron chi connectivity index (χ0n) is 12.5. The molecule has 1 aliphatic rings. The van der Waals surface area contributed by atoms with Gasteiger partial charge in [-0.2, -0.15) is 0 Å². The van der Waals surface area contributed by atoms with Crippen molar-refractivity contribution in [1.29, 1.82) is 0 Å². The van der Waals surface area contributed by atoms with Crippen LogP contribution in [0, 0.1) is 5.82 Å². The lowest BCUT2D eigenvalue weighted by Gasteiger charge is -2.15. The van der Waals surface area contributed by atoms with Crippen molar-refractivity contribution in [2.24, 2.45) is 0 Å². The first-order valence-corrected chi connectivity index (χ1v) is 8.08. The molecule has 3 aromatic rings. The minimum Gasteiger partial charge on any atom is -0.440 e. The standard InChI is InChI=1S/C18H16ClFN2O/c19-14-3-6-17-16(9-14)21-18(23-17)13-7-8-22(11-13)10-12-1-4-15(20)5-2-12/h1-6,9,13H,7-8,10-11H2. The molecule has 118 valence electrons. The summed E-state index contributed by atoms with van der Waals surface area (Å²) >= 11 is 6.00. The van der Waals surface area contributed by atoms with Crippen LogP contribution in [0.25, 0.3) is 11.1 Å². The van der Waals surface area contributed by atoms with Gasteiger partial charge in [0.2, 0.25) is 0 Å². The summed E-state index contributed by atoms with van der Waals surface area (Å²) in [5.74, 6) is 0.878. The van der Waals surface area contributed by atoms with Gasteiger partial charge in [0.05, 0.1) is 0 Å². The maximum atomic E-state index is 13.0. The van der Waals surface area contributed by atoms with Crippen LogP contribution in [0.2, 0.25) is 5.02 Å². The van der Waals surface area contributed by atoms with Crippen molar-refractivity contribution in [2.75, 3.05) is 13.1 Å². The summed E-state index contributed by atoms with van der Waals surface area (Å²) in [7, 11) is 0. The van der Waals surface area contributed by atoms with E-state index in [-0.39, 0.29) is 5.82 Å². The highest BCUT2D eigenvalue weighted by Gasteiger charge is 2.27.